The number of piperidine rings is 1. The molecule has 0 bridgehead atoms. The van der Waals surface area contributed by atoms with Crippen LogP contribution in [0.4, 0.5) is 11.4 Å². The number of esters is 1. The Hall–Kier alpha value is -2.98. The third-order valence-corrected chi connectivity index (χ3v) is 5.23. The Labute approximate surface area is 159 Å². The van der Waals surface area contributed by atoms with E-state index < -0.39 is 5.97 Å². The second-order valence-electron chi connectivity index (χ2n) is 6.98. The van der Waals surface area contributed by atoms with Crippen LogP contribution < -0.4 is 10.6 Å². The minimum Gasteiger partial charge on any atom is -0.464 e. The molecule has 1 aliphatic heterocycles. The fourth-order valence-corrected chi connectivity index (χ4v) is 3.58. The Morgan fingerprint density at radius 3 is 2.33 bits per heavy atom. The number of nitrogens with zero attached hydrogens (tertiary/aromatic N) is 4. The summed E-state index contributed by atoms with van der Waals surface area (Å²) in [6, 6.07) is 10.6. The molecule has 1 aliphatic rings. The molecule has 0 radical (unpaired) electrons. The first-order chi connectivity index (χ1) is 13.0. The van der Waals surface area contributed by atoms with E-state index >= 15 is 0 Å². The number of methoxy groups -OCH3 is 1. The largest absolute Gasteiger partial charge is 0.464 e. The van der Waals surface area contributed by atoms with Gasteiger partial charge < -0.3 is 24.8 Å². The number of benzene rings is 1. The summed E-state index contributed by atoms with van der Waals surface area (Å²) in [5.74, 6) is -0.566. The molecule has 3 rings (SSSR count). The van der Waals surface area contributed by atoms with Crippen molar-refractivity contribution in [1.82, 2.24) is 9.47 Å². The summed E-state index contributed by atoms with van der Waals surface area (Å²) in [6.45, 7) is 2.04. The predicted molar refractivity (Wildman–Crippen MR) is 105 cm³/mol. The molecule has 2 heterocycles. The van der Waals surface area contributed by atoms with E-state index in [4.69, 9.17) is 10.5 Å². The van der Waals surface area contributed by atoms with Crippen molar-refractivity contribution in [2.45, 2.75) is 18.9 Å². The number of carbonyl (C=O) groups excluding carboxylic acids is 1. The molecule has 1 aromatic carbocycles. The number of nitrogens with two attached hydrogens (primary N) is 1. The fourth-order valence-electron chi connectivity index (χ4n) is 3.58. The van der Waals surface area contributed by atoms with Gasteiger partial charge in [-0.3, -0.25) is 0 Å². The van der Waals surface area contributed by atoms with Crippen LogP contribution in [0, 0.1) is 11.3 Å². The van der Waals surface area contributed by atoms with Crippen LogP contribution in [-0.2, 0) is 4.74 Å². The SMILES string of the molecule is COC(=O)c1c(N)c(C#N)cn1-c1ccc(N2CCC(N(C)C)CC2)cc1. The molecule has 142 valence electrons. The molecule has 0 saturated carbocycles. The van der Waals surface area contributed by atoms with E-state index in [1.165, 1.54) is 7.11 Å². The van der Waals surface area contributed by atoms with E-state index in [0.717, 1.165) is 37.3 Å². The first-order valence-electron chi connectivity index (χ1n) is 8.97. The number of nitriles is 1. The Bertz CT molecular complexity index is 856. The Morgan fingerprint density at radius 1 is 1.22 bits per heavy atom. The molecule has 27 heavy (non-hydrogen) atoms. The number of hydrogen-bond acceptors (Lipinski definition) is 6. The first kappa shape index (κ1) is 18.8. The number of anilines is 2. The van der Waals surface area contributed by atoms with Crippen LogP contribution in [0.25, 0.3) is 5.69 Å². The second kappa shape index (κ2) is 7.72. The van der Waals surface area contributed by atoms with Gasteiger partial charge in [-0.25, -0.2) is 4.79 Å². The van der Waals surface area contributed by atoms with Gasteiger partial charge in [0.2, 0.25) is 0 Å². The van der Waals surface area contributed by atoms with Gasteiger partial charge >= 0.3 is 5.97 Å². The highest BCUT2D eigenvalue weighted by atomic mass is 16.5. The molecule has 0 aliphatic carbocycles. The standard InChI is InChI=1S/C20H25N5O2/c1-23(2)15-8-10-24(11-9-15)16-4-6-17(7-5-16)25-13-14(12-21)18(22)19(25)20(26)27-3/h4-7,13,15H,8-11,22H2,1-3H3. The maximum atomic E-state index is 12.1. The van der Waals surface area contributed by atoms with Gasteiger partial charge in [0.25, 0.3) is 0 Å². The average molecular weight is 367 g/mol. The number of carbonyl (C=O) groups is 1. The predicted octanol–water partition coefficient (Wildman–Crippen LogP) is 2.25. The van der Waals surface area contributed by atoms with Crippen molar-refractivity contribution < 1.29 is 9.53 Å². The van der Waals surface area contributed by atoms with Gasteiger partial charge in [-0.05, 0) is 51.2 Å². The highest BCUT2D eigenvalue weighted by Gasteiger charge is 2.23. The Morgan fingerprint density at radius 2 is 1.81 bits per heavy atom. The summed E-state index contributed by atoms with van der Waals surface area (Å²) < 4.78 is 6.44. The molecule has 1 saturated heterocycles. The number of hydrogen-bond donors (Lipinski definition) is 1. The van der Waals surface area contributed by atoms with Gasteiger partial charge in [0, 0.05) is 36.7 Å². The monoisotopic (exact) mass is 367 g/mol. The van der Waals surface area contributed by atoms with Crippen molar-refractivity contribution in [3.63, 3.8) is 0 Å². The number of aromatic nitrogens is 1. The molecule has 1 aromatic heterocycles. The zero-order chi connectivity index (χ0) is 19.6. The van der Waals surface area contributed by atoms with Crippen molar-refractivity contribution in [2.75, 3.05) is 44.9 Å². The number of ether oxygens (including phenoxy) is 1. The molecule has 0 amide bonds. The van der Waals surface area contributed by atoms with E-state index in [1.54, 1.807) is 10.8 Å². The minimum atomic E-state index is -0.566. The van der Waals surface area contributed by atoms with Crippen molar-refractivity contribution in [2.24, 2.45) is 0 Å². The van der Waals surface area contributed by atoms with Crippen LogP contribution in [0.5, 0.6) is 0 Å². The van der Waals surface area contributed by atoms with Crippen molar-refractivity contribution in [1.29, 1.82) is 5.26 Å². The van der Waals surface area contributed by atoms with Crippen molar-refractivity contribution in [3.05, 3.63) is 41.7 Å². The number of rotatable bonds is 4. The molecule has 1 fully saturated rings. The summed E-state index contributed by atoms with van der Waals surface area (Å²) in [5.41, 5.74) is 8.43. The molecule has 0 spiro atoms. The third kappa shape index (κ3) is 3.62. The Kier molecular flexibility index (Phi) is 5.38. The lowest BCUT2D eigenvalue weighted by Gasteiger charge is -2.36. The molecular weight excluding hydrogens is 342 g/mol. The number of nitrogen functional groups attached to an aromatic ring is 1. The lowest BCUT2D eigenvalue weighted by Crippen LogP contribution is -2.41. The smallest absolute Gasteiger partial charge is 0.357 e. The lowest BCUT2D eigenvalue weighted by molar-refractivity contribution is 0.0593. The van der Waals surface area contributed by atoms with Crippen LogP contribution in [0.3, 0.4) is 0 Å². The van der Waals surface area contributed by atoms with Gasteiger partial charge in [0.1, 0.15) is 6.07 Å². The summed E-state index contributed by atoms with van der Waals surface area (Å²) in [6.07, 6.45) is 3.85. The highest BCUT2D eigenvalue weighted by Crippen LogP contribution is 2.27. The first-order valence-corrected chi connectivity index (χ1v) is 8.97. The average Bonchev–Trinajstić information content (AvgIpc) is 3.04. The van der Waals surface area contributed by atoms with Crippen LogP contribution in [-0.4, -0.2) is 55.8 Å². The Balaban J connectivity index is 1.85. The van der Waals surface area contributed by atoms with E-state index in [1.807, 2.05) is 30.3 Å². The quantitative estimate of drug-likeness (QED) is 0.834. The van der Waals surface area contributed by atoms with Gasteiger partial charge in [-0.2, -0.15) is 5.26 Å². The minimum absolute atomic E-state index is 0.138. The summed E-state index contributed by atoms with van der Waals surface area (Å²) in [5, 5.41) is 9.23. The zero-order valence-corrected chi connectivity index (χ0v) is 16.0. The molecule has 7 nitrogen and oxygen atoms in total. The molecule has 0 unspecified atom stereocenters. The fraction of sp³-hybridized carbons (Fsp3) is 0.400. The lowest BCUT2D eigenvalue weighted by atomic mass is 10.0. The highest BCUT2D eigenvalue weighted by molar-refractivity contribution is 5.95. The van der Waals surface area contributed by atoms with E-state index in [9.17, 15) is 10.1 Å². The molecule has 2 N–H and O–H groups in total. The van der Waals surface area contributed by atoms with Crippen LogP contribution in [0.1, 0.15) is 28.9 Å². The van der Waals surface area contributed by atoms with E-state index in [-0.39, 0.29) is 16.9 Å². The van der Waals surface area contributed by atoms with Crippen LogP contribution in [0.15, 0.2) is 30.5 Å². The summed E-state index contributed by atoms with van der Waals surface area (Å²) >= 11 is 0. The van der Waals surface area contributed by atoms with Gasteiger partial charge in [-0.15, -0.1) is 0 Å². The van der Waals surface area contributed by atoms with Crippen LogP contribution >= 0.6 is 0 Å². The maximum Gasteiger partial charge on any atom is 0.357 e. The summed E-state index contributed by atoms with van der Waals surface area (Å²) in [7, 11) is 5.56. The molecule has 2 aromatic rings. The van der Waals surface area contributed by atoms with E-state index in [2.05, 4.69) is 23.9 Å². The normalized spacial score (nSPS) is 15.0. The third-order valence-electron chi connectivity index (χ3n) is 5.23. The van der Waals surface area contributed by atoms with Gasteiger partial charge in [-0.1, -0.05) is 0 Å². The van der Waals surface area contributed by atoms with E-state index in [0.29, 0.717) is 6.04 Å². The van der Waals surface area contributed by atoms with Crippen molar-refractivity contribution >= 4 is 17.3 Å². The summed E-state index contributed by atoms with van der Waals surface area (Å²) in [4.78, 5) is 16.8. The van der Waals surface area contributed by atoms with Gasteiger partial charge in [0.15, 0.2) is 5.69 Å². The molecule has 7 heteroatoms. The van der Waals surface area contributed by atoms with Crippen molar-refractivity contribution in [3.8, 4) is 11.8 Å². The second-order valence-corrected chi connectivity index (χ2v) is 6.98. The topological polar surface area (TPSA) is 87.5 Å². The maximum absolute atomic E-state index is 12.1. The zero-order valence-electron chi connectivity index (χ0n) is 16.0. The van der Waals surface area contributed by atoms with Gasteiger partial charge in [0.05, 0.1) is 18.4 Å². The van der Waals surface area contributed by atoms with Crippen LogP contribution in [0.2, 0.25) is 0 Å². The molecule has 0 atom stereocenters. The molecular formula is C20H25N5O2.